The maximum Gasteiger partial charge on any atom is 0.241 e. The van der Waals surface area contributed by atoms with E-state index in [0.717, 1.165) is 19.3 Å². The van der Waals surface area contributed by atoms with Crippen molar-refractivity contribution >= 4 is 17.5 Å². The van der Waals surface area contributed by atoms with Crippen LogP contribution >= 0.6 is 0 Å². The Morgan fingerprint density at radius 3 is 2.78 bits per heavy atom. The quantitative estimate of drug-likeness (QED) is 0.786. The number of likely N-dealkylation sites (N-methyl/N-ethyl adjacent to an activating group) is 1. The minimum atomic E-state index is -0.351. The zero-order valence-corrected chi connectivity index (χ0v) is 15.7. The van der Waals surface area contributed by atoms with Gasteiger partial charge in [-0.25, -0.2) is 4.39 Å². The number of likely N-dealkylation sites (tertiary alicyclic amines) is 1. The van der Waals surface area contributed by atoms with Gasteiger partial charge >= 0.3 is 0 Å². The molecule has 6 nitrogen and oxygen atoms in total. The van der Waals surface area contributed by atoms with Crippen LogP contribution in [0, 0.1) is 11.7 Å². The van der Waals surface area contributed by atoms with Crippen LogP contribution in [0.1, 0.15) is 19.3 Å². The molecule has 1 atom stereocenters. The summed E-state index contributed by atoms with van der Waals surface area (Å²) in [7, 11) is 1.95. The molecule has 3 heterocycles. The molecule has 1 aromatic carbocycles. The molecule has 0 bridgehead atoms. The van der Waals surface area contributed by atoms with Gasteiger partial charge < -0.3 is 14.5 Å². The largest absolute Gasteiger partial charge is 0.381 e. The molecule has 0 N–H and O–H groups in total. The molecule has 2 amide bonds. The Hall–Kier alpha value is -1.99. The molecule has 3 aliphatic rings. The zero-order valence-electron chi connectivity index (χ0n) is 15.7. The minimum absolute atomic E-state index is 0.0390. The molecule has 3 aliphatic heterocycles. The van der Waals surface area contributed by atoms with Crippen molar-refractivity contribution in [3.63, 3.8) is 0 Å². The lowest BCUT2D eigenvalue weighted by atomic mass is 9.92. The van der Waals surface area contributed by atoms with E-state index in [1.807, 2.05) is 11.9 Å². The summed E-state index contributed by atoms with van der Waals surface area (Å²) in [6.45, 7) is 3.36. The van der Waals surface area contributed by atoms with E-state index in [0.29, 0.717) is 38.5 Å². The molecule has 0 unspecified atom stereocenters. The van der Waals surface area contributed by atoms with Crippen LogP contribution in [0.25, 0.3) is 0 Å². The van der Waals surface area contributed by atoms with Crippen molar-refractivity contribution in [2.75, 3.05) is 51.3 Å². The number of hydrogen-bond donors (Lipinski definition) is 0. The molecular weight excluding hydrogens is 349 g/mol. The van der Waals surface area contributed by atoms with Crippen molar-refractivity contribution in [3.05, 3.63) is 30.1 Å². The number of benzene rings is 1. The second kappa shape index (κ2) is 7.20. The van der Waals surface area contributed by atoms with E-state index in [9.17, 15) is 14.0 Å². The number of carbonyl (C=O) groups is 2. The number of halogens is 1. The summed E-state index contributed by atoms with van der Waals surface area (Å²) < 4.78 is 19.0. The average Bonchev–Trinajstić information content (AvgIpc) is 3.10. The van der Waals surface area contributed by atoms with Crippen molar-refractivity contribution in [3.8, 4) is 0 Å². The Bertz CT molecular complexity index is 737. The molecule has 0 radical (unpaired) electrons. The van der Waals surface area contributed by atoms with Gasteiger partial charge in [0.15, 0.2) is 0 Å². The second-order valence-electron chi connectivity index (χ2n) is 7.94. The predicted molar refractivity (Wildman–Crippen MR) is 98.9 cm³/mol. The van der Waals surface area contributed by atoms with Gasteiger partial charge in [0.25, 0.3) is 0 Å². The Balaban J connectivity index is 1.51. The number of carbonyl (C=O) groups excluding carboxylic acids is 2. The van der Waals surface area contributed by atoms with Crippen LogP contribution < -0.4 is 4.90 Å². The van der Waals surface area contributed by atoms with E-state index < -0.39 is 0 Å². The Kier molecular flexibility index (Phi) is 4.90. The third-order valence-corrected chi connectivity index (χ3v) is 6.27. The maximum absolute atomic E-state index is 13.7. The third-order valence-electron chi connectivity index (χ3n) is 6.27. The highest BCUT2D eigenvalue weighted by Gasteiger charge is 2.49. The molecule has 3 saturated heterocycles. The lowest BCUT2D eigenvalue weighted by Crippen LogP contribution is -2.64. The van der Waals surface area contributed by atoms with Crippen molar-refractivity contribution in [2.24, 2.45) is 5.92 Å². The number of amides is 2. The summed E-state index contributed by atoms with van der Waals surface area (Å²) in [5.74, 6) is -0.138. The van der Waals surface area contributed by atoms with Gasteiger partial charge in [-0.05, 0) is 44.5 Å². The molecular formula is C20H26FN3O3. The van der Waals surface area contributed by atoms with Crippen LogP contribution in [0.15, 0.2) is 24.3 Å². The molecule has 1 spiro atoms. The molecule has 27 heavy (non-hydrogen) atoms. The van der Waals surface area contributed by atoms with E-state index in [2.05, 4.69) is 4.90 Å². The summed E-state index contributed by atoms with van der Waals surface area (Å²) >= 11 is 0. The molecule has 0 aromatic heterocycles. The number of nitrogens with zero attached hydrogens (tertiary/aromatic N) is 3. The first-order chi connectivity index (χ1) is 13.0. The molecule has 0 saturated carbocycles. The number of ether oxygens (including phenoxy) is 1. The molecule has 0 aliphatic carbocycles. The number of anilines is 1. The molecule has 4 rings (SSSR count). The molecule has 1 aromatic rings. The minimum Gasteiger partial charge on any atom is -0.381 e. The topological polar surface area (TPSA) is 53.1 Å². The smallest absolute Gasteiger partial charge is 0.241 e. The van der Waals surface area contributed by atoms with Gasteiger partial charge in [0, 0.05) is 44.5 Å². The lowest BCUT2D eigenvalue weighted by Gasteiger charge is -2.46. The number of hydrogen-bond acceptors (Lipinski definition) is 4. The van der Waals surface area contributed by atoms with Crippen LogP contribution in [0.5, 0.6) is 0 Å². The number of piperazine rings is 1. The van der Waals surface area contributed by atoms with Crippen molar-refractivity contribution in [1.82, 2.24) is 9.80 Å². The van der Waals surface area contributed by atoms with Crippen molar-refractivity contribution < 1.29 is 18.7 Å². The van der Waals surface area contributed by atoms with E-state index in [4.69, 9.17) is 4.74 Å². The van der Waals surface area contributed by atoms with Gasteiger partial charge in [-0.15, -0.1) is 0 Å². The molecule has 3 fully saturated rings. The van der Waals surface area contributed by atoms with Gasteiger partial charge in [-0.2, -0.15) is 0 Å². The summed E-state index contributed by atoms with van der Waals surface area (Å²) in [5, 5.41) is 0. The molecule has 146 valence electrons. The summed E-state index contributed by atoms with van der Waals surface area (Å²) in [4.78, 5) is 31.2. The average molecular weight is 375 g/mol. The number of rotatable bonds is 2. The van der Waals surface area contributed by atoms with Crippen LogP contribution in [0.4, 0.5) is 10.1 Å². The van der Waals surface area contributed by atoms with Gasteiger partial charge in [-0.3, -0.25) is 14.5 Å². The first-order valence-electron chi connectivity index (χ1n) is 9.62. The van der Waals surface area contributed by atoms with E-state index >= 15 is 0 Å². The van der Waals surface area contributed by atoms with E-state index in [1.165, 1.54) is 12.1 Å². The first-order valence-corrected chi connectivity index (χ1v) is 9.62. The Morgan fingerprint density at radius 1 is 1.26 bits per heavy atom. The van der Waals surface area contributed by atoms with E-state index in [-0.39, 0.29) is 35.6 Å². The van der Waals surface area contributed by atoms with E-state index in [1.54, 1.807) is 17.0 Å². The van der Waals surface area contributed by atoms with Crippen LogP contribution in [0.3, 0.4) is 0 Å². The SMILES string of the molecule is CN1CC(=O)N(c2cccc(F)c2)C[C@]12CCN(C(=O)C1CCOCC1)C2. The van der Waals surface area contributed by atoms with Crippen molar-refractivity contribution in [2.45, 2.75) is 24.8 Å². The Labute approximate surface area is 158 Å². The van der Waals surface area contributed by atoms with Crippen molar-refractivity contribution in [1.29, 1.82) is 0 Å². The van der Waals surface area contributed by atoms with Crippen LogP contribution in [-0.4, -0.2) is 73.6 Å². The predicted octanol–water partition coefficient (Wildman–Crippen LogP) is 1.50. The monoisotopic (exact) mass is 375 g/mol. The second-order valence-corrected chi connectivity index (χ2v) is 7.94. The highest BCUT2D eigenvalue weighted by atomic mass is 19.1. The van der Waals surface area contributed by atoms with Gasteiger partial charge in [0.1, 0.15) is 5.82 Å². The summed E-state index contributed by atoms with van der Waals surface area (Å²) in [6, 6.07) is 6.17. The third kappa shape index (κ3) is 3.46. The fourth-order valence-corrected chi connectivity index (χ4v) is 4.53. The van der Waals surface area contributed by atoms with Gasteiger partial charge in [0.05, 0.1) is 12.1 Å². The lowest BCUT2D eigenvalue weighted by molar-refractivity contribution is -0.138. The fourth-order valence-electron chi connectivity index (χ4n) is 4.53. The fraction of sp³-hybridized carbons (Fsp3) is 0.600. The van der Waals surface area contributed by atoms with Gasteiger partial charge in [0.2, 0.25) is 11.8 Å². The maximum atomic E-state index is 13.7. The Morgan fingerprint density at radius 2 is 2.04 bits per heavy atom. The molecule has 7 heteroatoms. The first kappa shape index (κ1) is 18.4. The van der Waals surface area contributed by atoms with Gasteiger partial charge in [-0.1, -0.05) is 6.07 Å². The van der Waals surface area contributed by atoms with Crippen LogP contribution in [0.2, 0.25) is 0 Å². The highest BCUT2D eigenvalue weighted by molar-refractivity contribution is 5.96. The zero-order chi connectivity index (χ0) is 19.0. The summed E-state index contributed by atoms with van der Waals surface area (Å²) in [6.07, 6.45) is 2.38. The normalized spacial score (nSPS) is 27.6. The van der Waals surface area contributed by atoms with Crippen LogP contribution in [-0.2, 0) is 14.3 Å². The summed E-state index contributed by atoms with van der Waals surface area (Å²) in [5.41, 5.74) is 0.308. The highest BCUT2D eigenvalue weighted by Crippen LogP contribution is 2.34. The standard InChI is InChI=1S/C20H26FN3O3/c1-22-12-18(25)24(17-4-2-3-16(21)11-17)14-20(22)7-8-23(13-20)19(26)15-5-9-27-10-6-15/h2-4,11,15H,5-10,12-14H2,1H3/t20-/m1/s1.